The van der Waals surface area contributed by atoms with Crippen LogP contribution in [0.3, 0.4) is 0 Å². The number of hydrogen-bond acceptors (Lipinski definition) is 3. The van der Waals surface area contributed by atoms with E-state index >= 15 is 0 Å². The number of nitrogens with one attached hydrogen (secondary N) is 2. The van der Waals surface area contributed by atoms with Crippen LogP contribution in [0.5, 0.6) is 0 Å². The summed E-state index contributed by atoms with van der Waals surface area (Å²) in [6.45, 7) is 11.0. The molecule has 2 N–H and O–H groups in total. The third kappa shape index (κ3) is 7.59. The number of anilines is 1. The van der Waals surface area contributed by atoms with Crippen LogP contribution >= 0.6 is 11.6 Å². The molecule has 1 heterocycles. The van der Waals surface area contributed by atoms with Gasteiger partial charge in [-0.3, -0.25) is 4.79 Å². The summed E-state index contributed by atoms with van der Waals surface area (Å²) in [5, 5.41) is 11.2. The van der Waals surface area contributed by atoms with Crippen LogP contribution < -0.4 is 10.6 Å². The maximum absolute atomic E-state index is 13.1. The smallest absolute Gasteiger partial charge is 0.318 e. The third-order valence-electron chi connectivity index (χ3n) is 5.31. The number of amides is 3. The zero-order chi connectivity index (χ0) is 25.6. The summed E-state index contributed by atoms with van der Waals surface area (Å²) in [6, 6.07) is 18.5. The molecule has 3 amide bonds. The zero-order valence-electron chi connectivity index (χ0n) is 21.0. The minimum Gasteiger partial charge on any atom is -0.334 e. The van der Waals surface area contributed by atoms with E-state index in [0.717, 1.165) is 16.9 Å². The van der Waals surface area contributed by atoms with Crippen molar-refractivity contribution in [2.24, 2.45) is 5.92 Å². The highest BCUT2D eigenvalue weighted by Crippen LogP contribution is 2.27. The van der Waals surface area contributed by atoms with Crippen molar-refractivity contribution in [2.75, 3.05) is 18.4 Å². The molecule has 0 radical (unpaired) electrons. The van der Waals surface area contributed by atoms with Crippen molar-refractivity contribution in [2.45, 2.75) is 46.6 Å². The summed E-state index contributed by atoms with van der Waals surface area (Å²) >= 11 is 6.05. The first-order valence-corrected chi connectivity index (χ1v) is 12.1. The average molecular weight is 496 g/mol. The lowest BCUT2D eigenvalue weighted by atomic mass is 9.92. The second kappa shape index (κ2) is 11.4. The Balaban J connectivity index is 1.76. The predicted molar refractivity (Wildman–Crippen MR) is 141 cm³/mol. The molecule has 0 aliphatic heterocycles. The predicted octanol–water partition coefficient (Wildman–Crippen LogP) is 5.63. The lowest BCUT2D eigenvalue weighted by Crippen LogP contribution is -2.45. The fraction of sp³-hybridized carbons (Fsp3) is 0.370. The van der Waals surface area contributed by atoms with Gasteiger partial charge >= 0.3 is 6.03 Å². The topological polar surface area (TPSA) is 79.3 Å². The van der Waals surface area contributed by atoms with Gasteiger partial charge < -0.3 is 15.5 Å². The molecular formula is C27H34ClN5O2. The molecule has 0 aliphatic rings. The van der Waals surface area contributed by atoms with Crippen LogP contribution in [-0.2, 0) is 16.8 Å². The molecule has 0 bridgehead atoms. The normalized spacial score (nSPS) is 11.4. The van der Waals surface area contributed by atoms with Gasteiger partial charge in [0.25, 0.3) is 0 Å². The lowest BCUT2D eigenvalue weighted by Gasteiger charge is -2.24. The zero-order valence-corrected chi connectivity index (χ0v) is 21.8. The van der Waals surface area contributed by atoms with Crippen LogP contribution in [0, 0.1) is 5.92 Å². The summed E-state index contributed by atoms with van der Waals surface area (Å²) in [6.07, 6.45) is 0. The van der Waals surface area contributed by atoms with Crippen molar-refractivity contribution in [1.29, 1.82) is 0 Å². The Kier molecular flexibility index (Phi) is 8.57. The number of benzene rings is 2. The minimum absolute atomic E-state index is 0.0740. The van der Waals surface area contributed by atoms with E-state index in [1.54, 1.807) is 16.8 Å². The van der Waals surface area contributed by atoms with Gasteiger partial charge in [0.05, 0.1) is 11.4 Å². The molecule has 35 heavy (non-hydrogen) atoms. The number of aromatic nitrogens is 2. The van der Waals surface area contributed by atoms with Crippen LogP contribution in [0.1, 0.15) is 45.9 Å². The molecule has 8 heteroatoms. The first-order valence-electron chi connectivity index (χ1n) is 11.8. The Morgan fingerprint density at radius 1 is 1.06 bits per heavy atom. The van der Waals surface area contributed by atoms with E-state index in [-0.39, 0.29) is 29.8 Å². The minimum atomic E-state index is -0.295. The monoisotopic (exact) mass is 495 g/mol. The molecule has 0 unspecified atom stereocenters. The van der Waals surface area contributed by atoms with Gasteiger partial charge in [0.1, 0.15) is 12.4 Å². The van der Waals surface area contributed by atoms with Crippen molar-refractivity contribution < 1.29 is 9.59 Å². The third-order valence-corrected chi connectivity index (χ3v) is 5.56. The van der Waals surface area contributed by atoms with E-state index < -0.39 is 0 Å². The van der Waals surface area contributed by atoms with E-state index in [2.05, 4.69) is 31.4 Å². The number of carbonyl (C=O) groups excluding carboxylic acids is 2. The molecule has 0 saturated heterocycles. The average Bonchev–Trinajstić information content (AvgIpc) is 3.22. The Morgan fingerprint density at radius 3 is 2.31 bits per heavy atom. The molecule has 186 valence electrons. The van der Waals surface area contributed by atoms with Gasteiger partial charge in [-0.05, 0) is 35.7 Å². The number of halogens is 1. The van der Waals surface area contributed by atoms with Crippen molar-refractivity contribution in [1.82, 2.24) is 20.0 Å². The van der Waals surface area contributed by atoms with Gasteiger partial charge in [0.15, 0.2) is 0 Å². The molecule has 0 spiro atoms. The summed E-state index contributed by atoms with van der Waals surface area (Å²) in [5.74, 6) is 0.449. The number of urea groups is 1. The van der Waals surface area contributed by atoms with E-state index in [4.69, 9.17) is 16.7 Å². The first kappa shape index (κ1) is 26.3. The van der Waals surface area contributed by atoms with Crippen LogP contribution in [-0.4, -0.2) is 39.7 Å². The number of carbonyl (C=O) groups is 2. The highest BCUT2D eigenvalue weighted by atomic mass is 35.5. The Hall–Kier alpha value is -3.32. The lowest BCUT2D eigenvalue weighted by molar-refractivity contribution is -0.116. The van der Waals surface area contributed by atoms with Crippen molar-refractivity contribution >= 4 is 29.4 Å². The molecule has 0 saturated carbocycles. The number of hydrogen-bond donors (Lipinski definition) is 2. The van der Waals surface area contributed by atoms with Gasteiger partial charge in [0.2, 0.25) is 5.91 Å². The van der Waals surface area contributed by atoms with E-state index in [9.17, 15) is 9.59 Å². The van der Waals surface area contributed by atoms with Crippen molar-refractivity contribution in [3.05, 3.63) is 76.9 Å². The quantitative estimate of drug-likeness (QED) is 0.425. The molecular weight excluding hydrogens is 462 g/mol. The van der Waals surface area contributed by atoms with E-state index in [1.807, 2.05) is 62.4 Å². The van der Waals surface area contributed by atoms with E-state index in [0.29, 0.717) is 23.9 Å². The molecule has 3 aromatic rings. The summed E-state index contributed by atoms with van der Waals surface area (Å²) in [7, 11) is 0. The summed E-state index contributed by atoms with van der Waals surface area (Å²) < 4.78 is 1.69. The Bertz CT molecular complexity index is 1130. The van der Waals surface area contributed by atoms with Gasteiger partial charge in [-0.15, -0.1) is 0 Å². The summed E-state index contributed by atoms with van der Waals surface area (Å²) in [4.78, 5) is 27.5. The molecule has 1 aromatic heterocycles. The molecule has 0 fully saturated rings. The number of nitrogens with zero attached hydrogens (tertiary/aromatic N) is 3. The van der Waals surface area contributed by atoms with E-state index in [1.165, 1.54) is 4.90 Å². The Morgan fingerprint density at radius 2 is 1.71 bits per heavy atom. The van der Waals surface area contributed by atoms with Gasteiger partial charge in [-0.25, -0.2) is 9.48 Å². The van der Waals surface area contributed by atoms with Gasteiger partial charge in [-0.1, -0.05) is 76.6 Å². The molecule has 0 atom stereocenters. The van der Waals surface area contributed by atoms with Gasteiger partial charge in [-0.2, -0.15) is 5.10 Å². The fourth-order valence-corrected chi connectivity index (χ4v) is 3.64. The standard InChI is InChI=1S/C27H34ClN5O2/c1-19(2)17-32(26(35)29-16-20-9-7-6-8-10-20)18-25(34)30-24-15-23(27(3,4)5)31-33(24)22-13-11-21(28)12-14-22/h6-15,19H,16-18H2,1-5H3,(H,29,35)(H,30,34). The SMILES string of the molecule is CC(C)CN(CC(=O)Nc1cc(C(C)(C)C)nn1-c1ccc(Cl)cc1)C(=O)NCc1ccccc1. The van der Waals surface area contributed by atoms with Crippen molar-refractivity contribution in [3.8, 4) is 5.69 Å². The van der Waals surface area contributed by atoms with Crippen LogP contribution in [0.4, 0.5) is 10.6 Å². The number of rotatable bonds is 8. The van der Waals surface area contributed by atoms with Crippen LogP contribution in [0.25, 0.3) is 5.69 Å². The van der Waals surface area contributed by atoms with Gasteiger partial charge in [0, 0.05) is 29.6 Å². The molecule has 0 aliphatic carbocycles. The fourth-order valence-electron chi connectivity index (χ4n) is 3.52. The van der Waals surface area contributed by atoms with Crippen LogP contribution in [0.15, 0.2) is 60.7 Å². The Labute approximate surface area is 212 Å². The van der Waals surface area contributed by atoms with Crippen LogP contribution in [0.2, 0.25) is 5.02 Å². The molecule has 3 rings (SSSR count). The first-order chi connectivity index (χ1) is 16.5. The maximum atomic E-state index is 13.1. The highest BCUT2D eigenvalue weighted by molar-refractivity contribution is 6.30. The van der Waals surface area contributed by atoms with Crippen molar-refractivity contribution in [3.63, 3.8) is 0 Å². The summed E-state index contributed by atoms with van der Waals surface area (Å²) in [5.41, 5.74) is 2.40. The second-order valence-corrected chi connectivity index (χ2v) is 10.5. The highest BCUT2D eigenvalue weighted by Gasteiger charge is 2.23. The molecule has 7 nitrogen and oxygen atoms in total. The second-order valence-electron chi connectivity index (χ2n) is 10.0. The maximum Gasteiger partial charge on any atom is 0.318 e. The largest absolute Gasteiger partial charge is 0.334 e. The molecule has 2 aromatic carbocycles.